The highest BCUT2D eigenvalue weighted by Gasteiger charge is 2.04. The Balaban J connectivity index is 2.72. The number of benzene rings is 1. The monoisotopic (exact) mass is 323 g/mol. The minimum Gasteiger partial charge on any atom is -0.398 e. The number of halogens is 2. The van der Waals surface area contributed by atoms with Crippen LogP contribution in [0, 0.1) is 2.88 Å². The van der Waals surface area contributed by atoms with Gasteiger partial charge in [0.1, 0.15) is 0 Å². The van der Waals surface area contributed by atoms with E-state index in [1.165, 1.54) is 13.0 Å². The molecule has 0 bridgehead atoms. The van der Waals surface area contributed by atoms with Crippen LogP contribution in [0.2, 0.25) is 0 Å². The molecule has 0 radical (unpaired) electrons. The summed E-state index contributed by atoms with van der Waals surface area (Å²) in [6.45, 7) is 0. The van der Waals surface area contributed by atoms with Crippen LogP contribution in [-0.2, 0) is 5.88 Å². The van der Waals surface area contributed by atoms with Gasteiger partial charge in [0, 0.05) is 16.3 Å². The van der Waals surface area contributed by atoms with Crippen LogP contribution in [0.25, 0.3) is 10.1 Å². The molecule has 1 aromatic carbocycles. The highest BCUT2D eigenvalue weighted by molar-refractivity contribution is 14.1. The minimum absolute atomic E-state index is 0.482. The van der Waals surface area contributed by atoms with Gasteiger partial charge in [0.15, 0.2) is 0 Å². The van der Waals surface area contributed by atoms with Crippen molar-refractivity contribution in [3.05, 3.63) is 26.6 Å². The van der Waals surface area contributed by atoms with E-state index in [-0.39, 0.29) is 0 Å². The molecule has 2 aromatic rings. The smallest absolute Gasteiger partial charge is 0.0666 e. The topological polar surface area (TPSA) is 26.0 Å². The second kappa shape index (κ2) is 3.63. The molecule has 0 amide bonds. The summed E-state index contributed by atoms with van der Waals surface area (Å²) in [5.74, 6) is 0.482. The summed E-state index contributed by atoms with van der Waals surface area (Å²) in [6, 6.07) is 6.20. The molecule has 1 nitrogen and oxygen atoms in total. The van der Waals surface area contributed by atoms with E-state index in [0.29, 0.717) is 5.88 Å². The first-order valence-electron chi connectivity index (χ1n) is 3.74. The summed E-state index contributed by atoms with van der Waals surface area (Å²) >= 11 is 9.84. The molecule has 1 aromatic heterocycles. The summed E-state index contributed by atoms with van der Waals surface area (Å²) in [6.07, 6.45) is 0. The molecule has 0 atom stereocenters. The zero-order chi connectivity index (χ0) is 9.42. The fourth-order valence-corrected chi connectivity index (χ4v) is 3.34. The average molecular weight is 324 g/mol. The van der Waals surface area contributed by atoms with Gasteiger partial charge in [-0.3, -0.25) is 0 Å². The van der Waals surface area contributed by atoms with Crippen LogP contribution in [0.3, 0.4) is 0 Å². The lowest BCUT2D eigenvalue weighted by atomic mass is 10.1. The summed E-state index contributed by atoms with van der Waals surface area (Å²) in [5, 5.41) is 1.21. The van der Waals surface area contributed by atoms with Crippen LogP contribution in [0.4, 0.5) is 5.69 Å². The summed E-state index contributed by atoms with van der Waals surface area (Å²) in [7, 11) is 0. The Kier molecular flexibility index (Phi) is 2.67. The minimum atomic E-state index is 0.482. The maximum Gasteiger partial charge on any atom is 0.0666 e. The molecule has 0 spiro atoms. The van der Waals surface area contributed by atoms with E-state index in [1.807, 2.05) is 6.07 Å². The molecule has 4 heteroatoms. The van der Waals surface area contributed by atoms with E-state index < -0.39 is 0 Å². The Morgan fingerprint density at radius 1 is 1.38 bits per heavy atom. The van der Waals surface area contributed by atoms with Crippen molar-refractivity contribution in [3.63, 3.8) is 0 Å². The van der Waals surface area contributed by atoms with Crippen molar-refractivity contribution in [1.29, 1.82) is 0 Å². The molecule has 0 unspecified atom stereocenters. The summed E-state index contributed by atoms with van der Waals surface area (Å²) in [5.41, 5.74) is 7.63. The van der Waals surface area contributed by atoms with Gasteiger partial charge in [0.25, 0.3) is 0 Å². The Morgan fingerprint density at radius 2 is 2.15 bits per heavy atom. The fourth-order valence-electron chi connectivity index (χ4n) is 1.23. The summed E-state index contributed by atoms with van der Waals surface area (Å²) in [4.78, 5) is 0. The van der Waals surface area contributed by atoms with Crippen LogP contribution in [0.15, 0.2) is 18.2 Å². The largest absolute Gasteiger partial charge is 0.398 e. The van der Waals surface area contributed by atoms with Crippen LogP contribution >= 0.6 is 45.5 Å². The van der Waals surface area contributed by atoms with Gasteiger partial charge in [-0.2, -0.15) is 0 Å². The van der Waals surface area contributed by atoms with Gasteiger partial charge in [-0.15, -0.1) is 22.9 Å². The van der Waals surface area contributed by atoms with Crippen molar-refractivity contribution in [1.82, 2.24) is 0 Å². The predicted molar refractivity (Wildman–Crippen MR) is 68.5 cm³/mol. The van der Waals surface area contributed by atoms with Gasteiger partial charge in [-0.25, -0.2) is 0 Å². The maximum absolute atomic E-state index is 5.82. The van der Waals surface area contributed by atoms with E-state index in [1.54, 1.807) is 11.3 Å². The zero-order valence-corrected chi connectivity index (χ0v) is 10.4. The molecule has 0 saturated carbocycles. The third-order valence-electron chi connectivity index (χ3n) is 1.89. The Bertz CT molecular complexity index is 452. The molecule has 2 N–H and O–H groups in total. The maximum atomic E-state index is 5.82. The van der Waals surface area contributed by atoms with E-state index >= 15 is 0 Å². The van der Waals surface area contributed by atoms with Crippen molar-refractivity contribution < 1.29 is 0 Å². The highest BCUT2D eigenvalue weighted by atomic mass is 127. The molecule has 68 valence electrons. The highest BCUT2D eigenvalue weighted by Crippen LogP contribution is 2.30. The lowest BCUT2D eigenvalue weighted by Crippen LogP contribution is -1.90. The number of thiophene rings is 1. The van der Waals surface area contributed by atoms with E-state index in [0.717, 1.165) is 11.3 Å². The lowest BCUT2D eigenvalue weighted by Gasteiger charge is -2.00. The third-order valence-corrected chi connectivity index (χ3v) is 4.04. The molecule has 13 heavy (non-hydrogen) atoms. The van der Waals surface area contributed by atoms with E-state index in [4.69, 9.17) is 17.3 Å². The van der Waals surface area contributed by atoms with Gasteiger partial charge < -0.3 is 5.73 Å². The van der Waals surface area contributed by atoms with Crippen molar-refractivity contribution in [2.24, 2.45) is 0 Å². The van der Waals surface area contributed by atoms with Gasteiger partial charge >= 0.3 is 0 Å². The second-order valence-electron chi connectivity index (χ2n) is 2.77. The quantitative estimate of drug-likeness (QED) is 0.482. The zero-order valence-electron chi connectivity index (χ0n) is 6.68. The number of nitrogen functional groups attached to an aromatic ring is 1. The Morgan fingerprint density at radius 3 is 2.85 bits per heavy atom. The van der Waals surface area contributed by atoms with Crippen LogP contribution in [-0.4, -0.2) is 0 Å². The molecule has 0 aliphatic heterocycles. The lowest BCUT2D eigenvalue weighted by molar-refractivity contribution is 1.43. The molecule has 0 fully saturated rings. The van der Waals surface area contributed by atoms with Crippen molar-refractivity contribution in [3.8, 4) is 0 Å². The van der Waals surface area contributed by atoms with E-state index in [9.17, 15) is 0 Å². The number of alkyl halides is 1. The second-order valence-corrected chi connectivity index (χ2v) is 6.02. The normalized spacial score (nSPS) is 10.9. The first kappa shape index (κ1) is 9.55. The fraction of sp³-hybridized carbons (Fsp3) is 0.111. The molecular formula is C9H7ClINS. The first-order valence-corrected chi connectivity index (χ1v) is 6.17. The van der Waals surface area contributed by atoms with Gasteiger partial charge in [-0.05, 0) is 51.7 Å². The van der Waals surface area contributed by atoms with Crippen molar-refractivity contribution in [2.45, 2.75) is 5.88 Å². The van der Waals surface area contributed by atoms with Crippen molar-refractivity contribution >= 4 is 61.3 Å². The van der Waals surface area contributed by atoms with Crippen LogP contribution < -0.4 is 5.73 Å². The SMILES string of the molecule is Nc1cc2cc(I)sc2cc1CCl. The summed E-state index contributed by atoms with van der Waals surface area (Å²) < 4.78 is 2.54. The van der Waals surface area contributed by atoms with Gasteiger partial charge in [-0.1, -0.05) is 0 Å². The number of rotatable bonds is 1. The molecule has 0 saturated heterocycles. The number of anilines is 1. The van der Waals surface area contributed by atoms with Gasteiger partial charge in [0.05, 0.1) is 2.88 Å². The first-order chi connectivity index (χ1) is 6.20. The molecule has 0 aliphatic carbocycles. The van der Waals surface area contributed by atoms with Gasteiger partial charge in [0.2, 0.25) is 0 Å². The molecule has 2 rings (SSSR count). The number of nitrogens with two attached hydrogens (primary N) is 1. The average Bonchev–Trinajstić information content (AvgIpc) is 2.42. The number of hydrogen-bond donors (Lipinski definition) is 1. The number of hydrogen-bond acceptors (Lipinski definition) is 2. The van der Waals surface area contributed by atoms with E-state index in [2.05, 4.69) is 34.7 Å². The molecular weight excluding hydrogens is 317 g/mol. The molecule has 1 heterocycles. The predicted octanol–water partition coefficient (Wildman–Crippen LogP) is 3.83. The Hall–Kier alpha value is -0.000000000000000167. The third kappa shape index (κ3) is 1.78. The standard InChI is InChI=1S/C9H7ClINS/c10-4-6-2-8-5(1-7(6)12)3-9(11)13-8/h1-3H,4,12H2. The van der Waals surface area contributed by atoms with Crippen molar-refractivity contribution in [2.75, 3.05) is 5.73 Å². The Labute approximate surface area is 99.0 Å². The number of fused-ring (bicyclic) bond motifs is 1. The molecule has 0 aliphatic rings. The van der Waals surface area contributed by atoms with Crippen LogP contribution in [0.1, 0.15) is 5.56 Å². The van der Waals surface area contributed by atoms with Crippen LogP contribution in [0.5, 0.6) is 0 Å².